The molecule has 0 aromatic heterocycles. The Labute approximate surface area is 207 Å². The lowest BCUT2D eigenvalue weighted by atomic mass is 9.94. The van der Waals surface area contributed by atoms with E-state index in [0.717, 1.165) is 37.0 Å². The van der Waals surface area contributed by atoms with Gasteiger partial charge in [-0.2, -0.15) is 5.26 Å². The van der Waals surface area contributed by atoms with E-state index in [9.17, 15) is 24.8 Å². The quantitative estimate of drug-likeness (QED) is 0.479. The molecule has 3 amide bonds. The lowest BCUT2D eigenvalue weighted by Gasteiger charge is -2.35. The molecular formula is C26H38N4O5. The molecule has 3 N–H and O–H groups in total. The maximum atomic E-state index is 13.7. The van der Waals surface area contributed by atoms with Crippen LogP contribution in [-0.2, 0) is 14.3 Å². The normalized spacial score (nSPS) is 16.0. The number of aromatic hydroxyl groups is 1. The van der Waals surface area contributed by atoms with Crippen molar-refractivity contribution in [2.75, 3.05) is 6.54 Å². The van der Waals surface area contributed by atoms with Crippen LogP contribution in [0.3, 0.4) is 0 Å². The number of nitrogens with one attached hydrogen (secondary N) is 2. The number of amides is 3. The molecule has 1 aliphatic carbocycles. The van der Waals surface area contributed by atoms with Gasteiger partial charge in [0.15, 0.2) is 0 Å². The first-order chi connectivity index (χ1) is 16.4. The number of benzene rings is 1. The second-order valence-corrected chi connectivity index (χ2v) is 10.3. The van der Waals surface area contributed by atoms with Gasteiger partial charge in [0, 0.05) is 11.6 Å². The zero-order valence-corrected chi connectivity index (χ0v) is 21.3. The molecular weight excluding hydrogens is 448 g/mol. The van der Waals surface area contributed by atoms with E-state index >= 15 is 0 Å². The molecule has 9 heteroatoms. The Morgan fingerprint density at radius 1 is 1.17 bits per heavy atom. The van der Waals surface area contributed by atoms with Crippen LogP contribution in [0.4, 0.5) is 4.79 Å². The molecule has 0 radical (unpaired) electrons. The van der Waals surface area contributed by atoms with Crippen LogP contribution in [-0.4, -0.2) is 52.1 Å². The maximum Gasteiger partial charge on any atom is 0.408 e. The number of carbonyl (C=O) groups is 3. The molecule has 0 spiro atoms. The summed E-state index contributed by atoms with van der Waals surface area (Å²) in [5, 5.41) is 25.7. The fourth-order valence-electron chi connectivity index (χ4n) is 4.20. The molecule has 1 saturated carbocycles. The van der Waals surface area contributed by atoms with E-state index in [-0.39, 0.29) is 23.3 Å². The van der Waals surface area contributed by atoms with E-state index in [1.165, 1.54) is 6.07 Å². The third-order valence-corrected chi connectivity index (χ3v) is 5.87. The van der Waals surface area contributed by atoms with Crippen molar-refractivity contribution in [1.82, 2.24) is 15.5 Å². The van der Waals surface area contributed by atoms with Crippen molar-refractivity contribution >= 4 is 17.9 Å². The number of hydrogen-bond donors (Lipinski definition) is 3. The SMILES string of the molecule is CC(C)C(NC(=O)OC(C)(C)C)C(=O)N(CC#N)C(C(=O)NC1CCCCC1)c1ccccc1O. The van der Waals surface area contributed by atoms with Crippen molar-refractivity contribution in [3.63, 3.8) is 0 Å². The Hall–Kier alpha value is -3.28. The zero-order chi connectivity index (χ0) is 26.2. The summed E-state index contributed by atoms with van der Waals surface area (Å²) in [6.45, 7) is 8.23. The molecule has 35 heavy (non-hydrogen) atoms. The summed E-state index contributed by atoms with van der Waals surface area (Å²) >= 11 is 0. The molecule has 1 fully saturated rings. The van der Waals surface area contributed by atoms with Gasteiger partial charge in [-0.15, -0.1) is 0 Å². The third-order valence-electron chi connectivity index (χ3n) is 5.87. The summed E-state index contributed by atoms with van der Waals surface area (Å²) in [6.07, 6.45) is 4.01. The van der Waals surface area contributed by atoms with Gasteiger partial charge in [0.2, 0.25) is 11.8 Å². The van der Waals surface area contributed by atoms with Gasteiger partial charge >= 0.3 is 6.09 Å². The van der Waals surface area contributed by atoms with E-state index in [0.29, 0.717) is 0 Å². The summed E-state index contributed by atoms with van der Waals surface area (Å²) in [6, 6.07) is 5.90. The summed E-state index contributed by atoms with van der Waals surface area (Å²) in [5.41, 5.74) is -0.552. The topological polar surface area (TPSA) is 132 Å². The molecule has 1 aromatic carbocycles. The highest BCUT2D eigenvalue weighted by Gasteiger charge is 2.39. The van der Waals surface area contributed by atoms with Gasteiger partial charge in [-0.1, -0.05) is 51.3 Å². The minimum atomic E-state index is -1.24. The van der Waals surface area contributed by atoms with E-state index in [2.05, 4.69) is 10.6 Å². The molecule has 1 aliphatic rings. The van der Waals surface area contributed by atoms with Crippen LogP contribution in [0.15, 0.2) is 24.3 Å². The number of para-hydroxylation sites is 1. The van der Waals surface area contributed by atoms with Gasteiger partial charge in [0.1, 0.15) is 30.0 Å². The minimum Gasteiger partial charge on any atom is -0.508 e. The maximum absolute atomic E-state index is 13.7. The summed E-state index contributed by atoms with van der Waals surface area (Å²) in [7, 11) is 0. The molecule has 0 heterocycles. The van der Waals surface area contributed by atoms with Gasteiger partial charge in [0.25, 0.3) is 0 Å². The third kappa shape index (κ3) is 8.16. The predicted molar refractivity (Wildman–Crippen MR) is 131 cm³/mol. The fourth-order valence-corrected chi connectivity index (χ4v) is 4.20. The van der Waals surface area contributed by atoms with Crippen molar-refractivity contribution in [2.24, 2.45) is 5.92 Å². The first kappa shape index (κ1) is 28.0. The standard InChI is InChI=1S/C26H38N4O5/c1-17(2)21(29-25(34)35-26(3,4)5)24(33)30(16-15-27)22(19-13-9-10-14-20(19)31)23(32)28-18-11-7-6-8-12-18/h9-10,13-14,17-18,21-22,31H,6-8,11-12,16H2,1-5H3,(H,28,32)(H,29,34). The van der Waals surface area contributed by atoms with Gasteiger partial charge in [-0.3, -0.25) is 9.59 Å². The van der Waals surface area contributed by atoms with Crippen LogP contribution in [0.1, 0.15) is 78.3 Å². The molecule has 0 aliphatic heterocycles. The molecule has 9 nitrogen and oxygen atoms in total. The van der Waals surface area contributed by atoms with Crippen molar-refractivity contribution in [2.45, 2.75) is 90.4 Å². The molecule has 2 rings (SSSR count). The largest absolute Gasteiger partial charge is 0.508 e. The van der Waals surface area contributed by atoms with Gasteiger partial charge < -0.3 is 25.4 Å². The Kier molecular flexibility index (Phi) is 9.93. The van der Waals surface area contributed by atoms with Gasteiger partial charge in [0.05, 0.1) is 6.07 Å². The number of phenolic OH excluding ortho intramolecular Hbond substituents is 1. The Morgan fingerprint density at radius 2 is 1.80 bits per heavy atom. The van der Waals surface area contributed by atoms with Crippen molar-refractivity contribution in [3.8, 4) is 11.8 Å². The fraction of sp³-hybridized carbons (Fsp3) is 0.615. The monoisotopic (exact) mass is 486 g/mol. The molecule has 192 valence electrons. The molecule has 0 bridgehead atoms. The average molecular weight is 487 g/mol. The zero-order valence-electron chi connectivity index (χ0n) is 21.3. The highest BCUT2D eigenvalue weighted by Crippen LogP contribution is 2.31. The van der Waals surface area contributed by atoms with Gasteiger partial charge in [-0.25, -0.2) is 4.79 Å². The van der Waals surface area contributed by atoms with Crippen LogP contribution < -0.4 is 10.6 Å². The Bertz CT molecular complexity index is 928. The van der Waals surface area contributed by atoms with E-state index in [1.807, 2.05) is 6.07 Å². The van der Waals surface area contributed by atoms with Crippen LogP contribution in [0.2, 0.25) is 0 Å². The van der Waals surface area contributed by atoms with Crippen LogP contribution >= 0.6 is 0 Å². The summed E-state index contributed by atoms with van der Waals surface area (Å²) < 4.78 is 5.32. The minimum absolute atomic E-state index is 0.0376. The van der Waals surface area contributed by atoms with E-state index in [4.69, 9.17) is 4.74 Å². The number of nitriles is 1. The molecule has 0 saturated heterocycles. The van der Waals surface area contributed by atoms with Crippen LogP contribution in [0, 0.1) is 17.2 Å². The number of alkyl carbamates (subject to hydrolysis) is 1. The number of hydrogen-bond acceptors (Lipinski definition) is 6. The van der Waals surface area contributed by atoms with E-state index in [1.54, 1.807) is 52.8 Å². The lowest BCUT2D eigenvalue weighted by Crippen LogP contribution is -2.55. The second-order valence-electron chi connectivity index (χ2n) is 10.3. The molecule has 2 unspecified atom stereocenters. The predicted octanol–water partition coefficient (Wildman–Crippen LogP) is 3.78. The first-order valence-electron chi connectivity index (χ1n) is 12.2. The number of nitrogens with zero attached hydrogens (tertiary/aromatic N) is 2. The van der Waals surface area contributed by atoms with Crippen LogP contribution in [0.5, 0.6) is 5.75 Å². The summed E-state index contributed by atoms with van der Waals surface area (Å²) in [5.74, 6) is -1.60. The molecule has 1 aromatic rings. The Morgan fingerprint density at radius 3 is 2.34 bits per heavy atom. The summed E-state index contributed by atoms with van der Waals surface area (Å²) in [4.78, 5) is 40.9. The highest BCUT2D eigenvalue weighted by atomic mass is 16.6. The smallest absolute Gasteiger partial charge is 0.408 e. The number of carbonyl (C=O) groups excluding carboxylic acids is 3. The van der Waals surface area contributed by atoms with Crippen LogP contribution in [0.25, 0.3) is 0 Å². The van der Waals surface area contributed by atoms with Gasteiger partial charge in [-0.05, 0) is 45.6 Å². The highest BCUT2D eigenvalue weighted by molar-refractivity contribution is 5.93. The number of phenols is 1. The number of ether oxygens (including phenoxy) is 1. The van der Waals surface area contributed by atoms with Crippen molar-refractivity contribution < 1.29 is 24.2 Å². The average Bonchev–Trinajstić information content (AvgIpc) is 2.77. The number of rotatable bonds is 8. The van der Waals surface area contributed by atoms with Crippen molar-refractivity contribution in [1.29, 1.82) is 5.26 Å². The van der Waals surface area contributed by atoms with E-state index < -0.39 is 42.1 Å². The molecule has 2 atom stereocenters. The Balaban J connectivity index is 2.42. The first-order valence-corrected chi connectivity index (χ1v) is 12.2. The van der Waals surface area contributed by atoms with Crippen molar-refractivity contribution in [3.05, 3.63) is 29.8 Å². The lowest BCUT2D eigenvalue weighted by molar-refractivity contribution is -0.143. The second kappa shape index (κ2) is 12.4.